The number of hydrogen-bond acceptors (Lipinski definition) is 3. The lowest BCUT2D eigenvalue weighted by Gasteiger charge is -2.40. The Kier molecular flexibility index (Phi) is 7.50. The van der Waals surface area contributed by atoms with Crippen molar-refractivity contribution in [2.24, 2.45) is 0 Å². The van der Waals surface area contributed by atoms with Crippen molar-refractivity contribution < 1.29 is 12.8 Å². The van der Waals surface area contributed by atoms with Gasteiger partial charge in [-0.15, -0.1) is 12.4 Å². The van der Waals surface area contributed by atoms with Gasteiger partial charge in [-0.2, -0.15) is 12.7 Å². The lowest BCUT2D eigenvalue weighted by molar-refractivity contribution is 0.305. The largest absolute Gasteiger partial charge is 0.360 e. The van der Waals surface area contributed by atoms with Crippen LogP contribution in [0.25, 0.3) is 16.5 Å². The van der Waals surface area contributed by atoms with Gasteiger partial charge in [-0.3, -0.25) is 9.21 Å². The molecule has 2 aliphatic heterocycles. The first kappa shape index (κ1) is 26.0. The van der Waals surface area contributed by atoms with Crippen molar-refractivity contribution in [1.82, 2.24) is 14.2 Å². The summed E-state index contributed by atoms with van der Waals surface area (Å²) in [4.78, 5) is 5.41. The zero-order chi connectivity index (χ0) is 24.0. The average molecular weight is 540 g/mol. The number of rotatable bonds is 5. The second-order valence-corrected chi connectivity index (χ2v) is 11.3. The summed E-state index contributed by atoms with van der Waals surface area (Å²) in [6.45, 7) is 6.57. The number of hydrogen-bond donors (Lipinski definition) is 1. The van der Waals surface area contributed by atoms with Gasteiger partial charge in [0.05, 0.1) is 5.69 Å². The number of halogens is 3. The molecule has 0 bridgehead atoms. The van der Waals surface area contributed by atoms with Crippen LogP contribution in [0.1, 0.15) is 31.4 Å². The molecule has 2 aliphatic rings. The molecule has 188 valence electrons. The molecule has 6 nitrogen and oxygen atoms in total. The number of aromatic nitrogens is 1. The predicted octanol–water partition coefficient (Wildman–Crippen LogP) is 5.45. The molecule has 1 aromatic heterocycles. The normalized spacial score (nSPS) is 18.4. The Balaban J connectivity index is 0.00000289. The van der Waals surface area contributed by atoms with Gasteiger partial charge >= 0.3 is 10.2 Å². The van der Waals surface area contributed by atoms with Crippen LogP contribution < -0.4 is 4.31 Å². The van der Waals surface area contributed by atoms with Crippen LogP contribution in [0.15, 0.2) is 48.7 Å². The molecular formula is C25H29Cl2FN4O2S. The minimum Gasteiger partial charge on any atom is -0.360 e. The third-order valence-corrected chi connectivity index (χ3v) is 9.16. The SMILES string of the molecule is CC(C)N1Cc2c(Cl)cccc2N(CCN2CC=C(c3c[nH]c4cc(F)ccc34)CC2)S1(=O)=O.Cl. The van der Waals surface area contributed by atoms with Gasteiger partial charge in [0.2, 0.25) is 0 Å². The molecule has 5 rings (SSSR count). The summed E-state index contributed by atoms with van der Waals surface area (Å²) in [5.41, 5.74) is 4.64. The Bertz CT molecular complexity index is 1370. The summed E-state index contributed by atoms with van der Waals surface area (Å²) in [5.74, 6) is -0.253. The van der Waals surface area contributed by atoms with Crippen molar-refractivity contribution >= 4 is 56.4 Å². The van der Waals surface area contributed by atoms with Crippen LogP contribution in [0, 0.1) is 5.82 Å². The van der Waals surface area contributed by atoms with E-state index in [0.29, 0.717) is 23.8 Å². The summed E-state index contributed by atoms with van der Waals surface area (Å²) < 4.78 is 43.3. The third-order valence-electron chi connectivity index (χ3n) is 6.73. The first-order valence-corrected chi connectivity index (χ1v) is 13.3. The van der Waals surface area contributed by atoms with E-state index in [9.17, 15) is 12.8 Å². The fourth-order valence-electron chi connectivity index (χ4n) is 4.87. The van der Waals surface area contributed by atoms with Gasteiger partial charge < -0.3 is 4.98 Å². The van der Waals surface area contributed by atoms with Gasteiger partial charge in [0.25, 0.3) is 0 Å². The molecule has 0 saturated carbocycles. The molecule has 2 aromatic carbocycles. The van der Waals surface area contributed by atoms with Crippen LogP contribution in [-0.2, 0) is 16.8 Å². The van der Waals surface area contributed by atoms with E-state index in [1.54, 1.807) is 6.07 Å². The van der Waals surface area contributed by atoms with E-state index in [1.807, 2.05) is 38.2 Å². The Morgan fingerprint density at radius 2 is 1.97 bits per heavy atom. The van der Waals surface area contributed by atoms with E-state index in [-0.39, 0.29) is 30.8 Å². The Hall–Kier alpha value is -2.10. The highest BCUT2D eigenvalue weighted by molar-refractivity contribution is 7.90. The van der Waals surface area contributed by atoms with Crippen molar-refractivity contribution in [3.63, 3.8) is 0 Å². The number of H-pyrrole nitrogens is 1. The number of nitrogens with zero attached hydrogens (tertiary/aromatic N) is 3. The molecule has 0 atom stereocenters. The van der Waals surface area contributed by atoms with E-state index in [0.717, 1.165) is 41.5 Å². The zero-order valence-corrected chi connectivity index (χ0v) is 22.1. The van der Waals surface area contributed by atoms with Gasteiger partial charge in [0.1, 0.15) is 5.82 Å². The standard InChI is InChI=1S/C25H28ClFN4O2S.ClH/c1-17(2)31-16-22-23(26)4-3-5-25(22)30(34(31,32)33)13-12-29-10-8-18(9-11-29)21-15-28-24-14-19(27)6-7-20(21)24;/h3-8,14-15,17,28H,9-13,16H2,1-2H3;1H. The lowest BCUT2D eigenvalue weighted by Crippen LogP contribution is -2.52. The van der Waals surface area contributed by atoms with Crippen molar-refractivity contribution in [3.8, 4) is 0 Å². The lowest BCUT2D eigenvalue weighted by atomic mass is 9.99. The molecule has 0 saturated heterocycles. The van der Waals surface area contributed by atoms with Gasteiger partial charge in [-0.1, -0.05) is 23.7 Å². The molecule has 0 spiro atoms. The molecule has 3 aromatic rings. The molecular weight excluding hydrogens is 510 g/mol. The maximum absolute atomic E-state index is 13.5. The van der Waals surface area contributed by atoms with Crippen LogP contribution in [0.4, 0.5) is 10.1 Å². The number of nitrogens with one attached hydrogen (secondary N) is 1. The molecule has 0 aliphatic carbocycles. The van der Waals surface area contributed by atoms with Crippen LogP contribution in [0.3, 0.4) is 0 Å². The van der Waals surface area contributed by atoms with Crippen LogP contribution in [0.5, 0.6) is 0 Å². The van der Waals surface area contributed by atoms with E-state index >= 15 is 0 Å². The van der Waals surface area contributed by atoms with Crippen LogP contribution in [-0.4, -0.2) is 54.8 Å². The third kappa shape index (κ3) is 4.82. The summed E-state index contributed by atoms with van der Waals surface area (Å²) in [7, 11) is -3.64. The highest BCUT2D eigenvalue weighted by atomic mass is 35.5. The minimum atomic E-state index is -3.64. The highest BCUT2D eigenvalue weighted by Gasteiger charge is 2.38. The summed E-state index contributed by atoms with van der Waals surface area (Å²) in [5, 5.41) is 1.61. The smallest absolute Gasteiger partial charge is 0.304 e. The number of fused-ring (bicyclic) bond motifs is 2. The molecule has 10 heteroatoms. The van der Waals surface area contributed by atoms with E-state index in [1.165, 1.54) is 26.3 Å². The maximum atomic E-state index is 13.5. The molecule has 0 amide bonds. The van der Waals surface area contributed by atoms with Crippen molar-refractivity contribution in [2.45, 2.75) is 32.9 Å². The summed E-state index contributed by atoms with van der Waals surface area (Å²) in [6.07, 6.45) is 4.97. The van der Waals surface area contributed by atoms with Crippen molar-refractivity contribution in [1.29, 1.82) is 0 Å². The highest BCUT2D eigenvalue weighted by Crippen LogP contribution is 2.37. The first-order valence-electron chi connectivity index (χ1n) is 11.5. The average Bonchev–Trinajstić information content (AvgIpc) is 3.21. The van der Waals surface area contributed by atoms with Crippen molar-refractivity contribution in [2.75, 3.05) is 30.5 Å². The Morgan fingerprint density at radius 1 is 1.17 bits per heavy atom. The van der Waals surface area contributed by atoms with E-state index < -0.39 is 10.2 Å². The monoisotopic (exact) mass is 538 g/mol. The summed E-state index contributed by atoms with van der Waals surface area (Å²) in [6, 6.07) is 10.1. The van der Waals surface area contributed by atoms with Crippen molar-refractivity contribution in [3.05, 3.63) is 70.6 Å². The first-order chi connectivity index (χ1) is 16.3. The van der Waals surface area contributed by atoms with E-state index in [2.05, 4.69) is 16.0 Å². The predicted molar refractivity (Wildman–Crippen MR) is 143 cm³/mol. The van der Waals surface area contributed by atoms with Gasteiger partial charge in [-0.05, 0) is 56.2 Å². The summed E-state index contributed by atoms with van der Waals surface area (Å²) >= 11 is 6.44. The van der Waals surface area contributed by atoms with E-state index in [4.69, 9.17) is 11.6 Å². The molecule has 3 heterocycles. The molecule has 0 fully saturated rings. The van der Waals surface area contributed by atoms with Crippen LogP contribution in [0.2, 0.25) is 5.02 Å². The molecule has 0 radical (unpaired) electrons. The second-order valence-electron chi connectivity index (χ2n) is 9.13. The zero-order valence-electron chi connectivity index (χ0n) is 19.7. The maximum Gasteiger partial charge on any atom is 0.304 e. The minimum absolute atomic E-state index is 0. The number of aromatic amines is 1. The fraction of sp³-hybridized carbons (Fsp3) is 0.360. The van der Waals surface area contributed by atoms with Gasteiger partial charge in [-0.25, -0.2) is 4.39 Å². The Labute approximate surface area is 216 Å². The fourth-order valence-corrected chi connectivity index (χ4v) is 6.91. The topological polar surface area (TPSA) is 59.6 Å². The second kappa shape index (κ2) is 10.1. The molecule has 0 unspecified atom stereocenters. The molecule has 1 N–H and O–H groups in total. The Morgan fingerprint density at radius 3 is 2.69 bits per heavy atom. The quantitative estimate of drug-likeness (QED) is 0.470. The number of benzene rings is 2. The molecule has 35 heavy (non-hydrogen) atoms. The van der Waals surface area contributed by atoms with Gasteiger partial charge in [0, 0.05) is 72.0 Å². The van der Waals surface area contributed by atoms with Crippen LogP contribution >= 0.6 is 24.0 Å². The number of anilines is 1. The van der Waals surface area contributed by atoms with Gasteiger partial charge in [0.15, 0.2) is 0 Å².